The quantitative estimate of drug-likeness (QED) is 0.592. The molecule has 0 unspecified atom stereocenters. The zero-order valence-corrected chi connectivity index (χ0v) is 16.5. The van der Waals surface area contributed by atoms with Crippen molar-refractivity contribution >= 4 is 11.8 Å². The Balaban J connectivity index is 1.71. The van der Waals surface area contributed by atoms with Crippen molar-refractivity contribution in [2.24, 2.45) is 0 Å². The van der Waals surface area contributed by atoms with Crippen LogP contribution in [-0.2, 0) is 13.0 Å². The van der Waals surface area contributed by atoms with Crippen LogP contribution in [0.25, 0.3) is 0 Å². The minimum Gasteiger partial charge on any atom is -0.497 e. The smallest absolute Gasteiger partial charge is 0.261 e. The number of methoxy groups -OCH3 is 2. The largest absolute Gasteiger partial charge is 0.497 e. The average molecular weight is 396 g/mol. The van der Waals surface area contributed by atoms with Gasteiger partial charge in [-0.3, -0.25) is 9.36 Å². The third-order valence-corrected chi connectivity index (χ3v) is 5.51. The first-order valence-corrected chi connectivity index (χ1v) is 9.88. The summed E-state index contributed by atoms with van der Waals surface area (Å²) < 4.78 is 18.1. The van der Waals surface area contributed by atoms with Crippen molar-refractivity contribution < 1.29 is 14.2 Å². The lowest BCUT2D eigenvalue weighted by Gasteiger charge is -2.13. The van der Waals surface area contributed by atoms with Crippen molar-refractivity contribution in [1.29, 1.82) is 0 Å². The summed E-state index contributed by atoms with van der Waals surface area (Å²) in [5.74, 6) is 3.32. The van der Waals surface area contributed by atoms with Gasteiger partial charge in [-0.25, -0.2) is 0 Å². The number of rotatable bonds is 6. The van der Waals surface area contributed by atoms with Crippen LogP contribution in [0.2, 0.25) is 0 Å². The van der Waals surface area contributed by atoms with Crippen LogP contribution in [0.4, 0.5) is 0 Å². The van der Waals surface area contributed by atoms with Gasteiger partial charge in [-0.1, -0.05) is 23.9 Å². The topological polar surface area (TPSA) is 62.6 Å². The third kappa shape index (κ3) is 3.71. The SMILES string of the molecule is COc1ccc(Cc2c(Oc3ccc(OC)cc3)nc3n(c2=O)CCS3)cc1. The summed E-state index contributed by atoms with van der Waals surface area (Å²) in [5, 5.41) is 0.701. The molecule has 4 rings (SSSR count). The van der Waals surface area contributed by atoms with E-state index in [4.69, 9.17) is 14.2 Å². The molecule has 0 atom stereocenters. The fourth-order valence-corrected chi connectivity index (χ4v) is 3.96. The first kappa shape index (κ1) is 18.4. The number of hydrogen-bond donors (Lipinski definition) is 0. The van der Waals surface area contributed by atoms with Crippen LogP contribution in [-0.4, -0.2) is 29.5 Å². The molecule has 0 aliphatic carbocycles. The van der Waals surface area contributed by atoms with E-state index in [-0.39, 0.29) is 5.56 Å². The summed E-state index contributed by atoms with van der Waals surface area (Å²) in [6.07, 6.45) is 0.437. The maximum atomic E-state index is 13.1. The Hall–Kier alpha value is -2.93. The van der Waals surface area contributed by atoms with Gasteiger partial charge in [-0.2, -0.15) is 4.98 Å². The molecule has 1 aromatic heterocycles. The molecule has 0 radical (unpaired) electrons. The van der Waals surface area contributed by atoms with E-state index < -0.39 is 0 Å². The first-order valence-electron chi connectivity index (χ1n) is 8.89. The van der Waals surface area contributed by atoms with E-state index >= 15 is 0 Å². The Morgan fingerprint density at radius 2 is 1.57 bits per heavy atom. The van der Waals surface area contributed by atoms with Crippen molar-refractivity contribution in [3.8, 4) is 23.1 Å². The van der Waals surface area contributed by atoms with Crippen LogP contribution < -0.4 is 19.8 Å². The van der Waals surface area contributed by atoms with Gasteiger partial charge in [0.1, 0.15) is 17.2 Å². The Morgan fingerprint density at radius 3 is 2.21 bits per heavy atom. The molecule has 1 aliphatic heterocycles. The predicted molar refractivity (Wildman–Crippen MR) is 108 cm³/mol. The minimum absolute atomic E-state index is 0.0469. The van der Waals surface area contributed by atoms with E-state index in [1.54, 1.807) is 42.7 Å². The summed E-state index contributed by atoms with van der Waals surface area (Å²) in [4.78, 5) is 17.7. The van der Waals surface area contributed by atoms with Gasteiger partial charge in [0.2, 0.25) is 5.88 Å². The van der Waals surface area contributed by atoms with Crippen LogP contribution in [0.3, 0.4) is 0 Å². The van der Waals surface area contributed by atoms with Crippen molar-refractivity contribution in [2.75, 3.05) is 20.0 Å². The van der Waals surface area contributed by atoms with Gasteiger partial charge in [0.15, 0.2) is 5.16 Å². The van der Waals surface area contributed by atoms with Gasteiger partial charge in [0.25, 0.3) is 5.56 Å². The average Bonchev–Trinajstić information content (AvgIpc) is 3.20. The number of aromatic nitrogens is 2. The highest BCUT2D eigenvalue weighted by Gasteiger charge is 2.22. The summed E-state index contributed by atoms with van der Waals surface area (Å²) in [6, 6.07) is 14.9. The lowest BCUT2D eigenvalue weighted by atomic mass is 10.1. The molecule has 0 spiro atoms. The normalized spacial score (nSPS) is 12.5. The number of hydrogen-bond acceptors (Lipinski definition) is 6. The molecular weight excluding hydrogens is 376 g/mol. The summed E-state index contributed by atoms with van der Waals surface area (Å²) in [5.41, 5.74) is 1.49. The lowest BCUT2D eigenvalue weighted by molar-refractivity contribution is 0.410. The van der Waals surface area contributed by atoms with Crippen molar-refractivity contribution in [1.82, 2.24) is 9.55 Å². The van der Waals surface area contributed by atoms with Gasteiger partial charge in [-0.15, -0.1) is 0 Å². The van der Waals surface area contributed by atoms with Crippen LogP contribution in [0.5, 0.6) is 23.1 Å². The second kappa shape index (κ2) is 7.98. The Labute approximate surface area is 167 Å². The number of thioether (sulfide) groups is 1. The molecule has 0 saturated heterocycles. The second-order valence-electron chi connectivity index (χ2n) is 6.29. The molecule has 0 N–H and O–H groups in total. The standard InChI is InChI=1S/C21H20N2O4S/c1-25-15-5-3-14(4-6-15)13-18-19(22-21-23(20(18)24)11-12-28-21)27-17-9-7-16(26-2)8-10-17/h3-10H,11-13H2,1-2H3. The fraction of sp³-hybridized carbons (Fsp3) is 0.238. The Morgan fingerprint density at radius 1 is 0.964 bits per heavy atom. The summed E-state index contributed by atoms with van der Waals surface area (Å²) in [6.45, 7) is 0.671. The second-order valence-corrected chi connectivity index (χ2v) is 7.35. The molecule has 144 valence electrons. The number of ether oxygens (including phenoxy) is 3. The highest BCUT2D eigenvalue weighted by atomic mass is 32.2. The van der Waals surface area contributed by atoms with Crippen LogP contribution in [0, 0.1) is 0 Å². The van der Waals surface area contributed by atoms with E-state index in [2.05, 4.69) is 4.98 Å². The van der Waals surface area contributed by atoms with Crippen LogP contribution in [0.15, 0.2) is 58.5 Å². The molecule has 3 aromatic rings. The number of nitrogens with zero attached hydrogens (tertiary/aromatic N) is 2. The molecule has 2 heterocycles. The maximum Gasteiger partial charge on any atom is 0.261 e. The third-order valence-electron chi connectivity index (χ3n) is 4.55. The number of fused-ring (bicyclic) bond motifs is 1. The van der Waals surface area contributed by atoms with Gasteiger partial charge >= 0.3 is 0 Å². The molecular formula is C21H20N2O4S. The summed E-state index contributed by atoms with van der Waals surface area (Å²) >= 11 is 1.57. The fourth-order valence-electron chi connectivity index (χ4n) is 3.03. The lowest BCUT2D eigenvalue weighted by Crippen LogP contribution is -2.25. The van der Waals surface area contributed by atoms with E-state index in [0.29, 0.717) is 35.3 Å². The van der Waals surface area contributed by atoms with E-state index in [1.165, 1.54) is 0 Å². The molecule has 1 aliphatic rings. The molecule has 28 heavy (non-hydrogen) atoms. The zero-order valence-electron chi connectivity index (χ0n) is 15.7. The Bertz CT molecular complexity index is 1030. The van der Waals surface area contributed by atoms with E-state index in [1.807, 2.05) is 36.4 Å². The molecule has 7 heteroatoms. The highest BCUT2D eigenvalue weighted by molar-refractivity contribution is 7.99. The van der Waals surface area contributed by atoms with Crippen LogP contribution in [0.1, 0.15) is 11.1 Å². The van der Waals surface area contributed by atoms with Gasteiger partial charge in [-0.05, 0) is 42.0 Å². The van der Waals surface area contributed by atoms with Crippen LogP contribution >= 0.6 is 11.8 Å². The van der Waals surface area contributed by atoms with Crippen molar-refractivity contribution in [2.45, 2.75) is 18.1 Å². The molecule has 2 aromatic carbocycles. The van der Waals surface area contributed by atoms with Gasteiger partial charge < -0.3 is 14.2 Å². The number of benzene rings is 2. The minimum atomic E-state index is -0.0469. The monoisotopic (exact) mass is 396 g/mol. The van der Waals surface area contributed by atoms with Crippen molar-refractivity contribution in [3.63, 3.8) is 0 Å². The van der Waals surface area contributed by atoms with E-state index in [9.17, 15) is 4.79 Å². The molecule has 0 fully saturated rings. The molecule has 0 saturated carbocycles. The molecule has 0 bridgehead atoms. The zero-order chi connectivity index (χ0) is 19.5. The van der Waals surface area contributed by atoms with Gasteiger partial charge in [0.05, 0.1) is 19.8 Å². The Kier molecular flexibility index (Phi) is 5.25. The van der Waals surface area contributed by atoms with Gasteiger partial charge in [0, 0.05) is 18.7 Å². The highest BCUT2D eigenvalue weighted by Crippen LogP contribution is 2.30. The maximum absolute atomic E-state index is 13.1. The predicted octanol–water partition coefficient (Wildman–Crippen LogP) is 3.75. The molecule has 6 nitrogen and oxygen atoms in total. The summed E-state index contributed by atoms with van der Waals surface area (Å²) in [7, 11) is 3.24. The van der Waals surface area contributed by atoms with E-state index in [0.717, 1.165) is 22.8 Å². The van der Waals surface area contributed by atoms with Crippen molar-refractivity contribution in [3.05, 3.63) is 70.0 Å². The molecule has 0 amide bonds. The first-order chi connectivity index (χ1) is 13.7.